The second-order valence-electron chi connectivity index (χ2n) is 9.72. The van der Waals surface area contributed by atoms with Crippen LogP contribution in [0.25, 0.3) is 11.1 Å². The Balaban J connectivity index is 1.61. The number of nitrogens with zero attached hydrogens (tertiary/aromatic N) is 1. The molecule has 0 aliphatic heterocycles. The van der Waals surface area contributed by atoms with Crippen LogP contribution in [0.5, 0.6) is 0 Å². The monoisotopic (exact) mass is 609 g/mol. The number of sulfone groups is 1. The zero-order valence-corrected chi connectivity index (χ0v) is 25.3. The highest BCUT2D eigenvalue weighted by atomic mass is 79.9. The molecule has 0 heterocycles. The summed E-state index contributed by atoms with van der Waals surface area (Å²) in [4.78, 5) is 1.18. The second-order valence-corrected chi connectivity index (χ2v) is 14.1. The first-order chi connectivity index (χ1) is 18.0. The number of benzene rings is 4. The van der Waals surface area contributed by atoms with Crippen molar-refractivity contribution < 1.29 is 12.6 Å². The highest BCUT2D eigenvalue weighted by Crippen LogP contribution is 2.26. The molecule has 1 unspecified atom stereocenters. The molecule has 198 valence electrons. The van der Waals surface area contributed by atoms with Gasteiger partial charge in [-0.1, -0.05) is 82.2 Å². The number of rotatable bonds is 9. The van der Waals surface area contributed by atoms with E-state index in [4.69, 9.17) is 0 Å². The van der Waals surface area contributed by atoms with E-state index in [-0.39, 0.29) is 0 Å². The summed E-state index contributed by atoms with van der Waals surface area (Å²) < 4.78 is 41.0. The quantitative estimate of drug-likeness (QED) is 0.201. The van der Waals surface area contributed by atoms with Crippen molar-refractivity contribution in [2.45, 2.75) is 43.5 Å². The van der Waals surface area contributed by atoms with Crippen molar-refractivity contribution >= 4 is 36.8 Å². The van der Waals surface area contributed by atoms with Crippen molar-refractivity contribution in [1.82, 2.24) is 4.31 Å². The Bertz CT molecular complexity index is 1560. The van der Waals surface area contributed by atoms with Gasteiger partial charge >= 0.3 is 0 Å². The van der Waals surface area contributed by atoms with E-state index in [9.17, 15) is 12.6 Å². The third-order valence-corrected chi connectivity index (χ3v) is 9.84. The number of hydrogen-bond donors (Lipinski definition) is 0. The minimum absolute atomic E-state index is 0.303. The van der Waals surface area contributed by atoms with E-state index in [1.807, 2.05) is 60.6 Å². The average Bonchev–Trinajstić information content (AvgIpc) is 2.86. The molecule has 0 saturated carbocycles. The van der Waals surface area contributed by atoms with Gasteiger partial charge in [-0.2, -0.15) is 0 Å². The molecule has 4 aromatic carbocycles. The van der Waals surface area contributed by atoms with E-state index in [0.29, 0.717) is 18.0 Å². The fraction of sp³-hybridized carbons (Fsp3) is 0.226. The van der Waals surface area contributed by atoms with Crippen molar-refractivity contribution in [3.05, 3.63) is 117 Å². The zero-order valence-electron chi connectivity index (χ0n) is 22.1. The summed E-state index contributed by atoms with van der Waals surface area (Å²) >= 11 is 3.55. The molecule has 0 N–H and O–H groups in total. The molecule has 0 spiro atoms. The van der Waals surface area contributed by atoms with Crippen LogP contribution in [0.2, 0.25) is 0 Å². The molecular weight excluding hydrogens is 578 g/mol. The van der Waals surface area contributed by atoms with Crippen molar-refractivity contribution in [3.8, 4) is 11.1 Å². The maximum Gasteiger partial charge on any atom is 0.175 e. The van der Waals surface area contributed by atoms with Crippen LogP contribution in [0.15, 0.2) is 99.2 Å². The van der Waals surface area contributed by atoms with Gasteiger partial charge in [0, 0.05) is 23.8 Å². The van der Waals surface area contributed by atoms with Crippen molar-refractivity contribution in [1.29, 1.82) is 0 Å². The van der Waals surface area contributed by atoms with Crippen LogP contribution in [-0.4, -0.2) is 29.7 Å². The zero-order chi connectivity index (χ0) is 27.4. The number of hydrogen-bond acceptors (Lipinski definition) is 3. The second kappa shape index (κ2) is 12.1. The van der Waals surface area contributed by atoms with Gasteiger partial charge in [0.25, 0.3) is 0 Å². The van der Waals surface area contributed by atoms with E-state index in [2.05, 4.69) is 47.1 Å². The summed E-state index contributed by atoms with van der Waals surface area (Å²) in [6.07, 6.45) is 1.99. The van der Waals surface area contributed by atoms with Gasteiger partial charge in [0.15, 0.2) is 9.84 Å². The lowest BCUT2D eigenvalue weighted by Gasteiger charge is -2.24. The molecule has 0 aliphatic rings. The summed E-state index contributed by atoms with van der Waals surface area (Å²) in [5, 5.41) is 0. The molecule has 0 amide bonds. The topological polar surface area (TPSA) is 54.5 Å². The Morgan fingerprint density at radius 2 is 1.45 bits per heavy atom. The van der Waals surface area contributed by atoms with Crippen LogP contribution in [0.1, 0.15) is 27.8 Å². The van der Waals surface area contributed by atoms with Gasteiger partial charge in [-0.25, -0.2) is 16.9 Å². The molecule has 0 radical (unpaired) electrons. The predicted octanol–water partition coefficient (Wildman–Crippen LogP) is 7.21. The smallest absolute Gasteiger partial charge is 0.175 e. The number of halogens is 1. The Hall–Kier alpha value is -2.58. The standard InChI is InChI=1S/C31H32BrNO3S2/c1-22-17-23(2)31(24(3)18-22)37(34)33(16-15-25-7-5-9-29(32)19-25)21-26-11-13-27(14-12-26)28-8-6-10-30(20-28)38(4,35)36/h5-14,17-20H,15-16,21H2,1-4H3. The third kappa shape index (κ3) is 7.08. The summed E-state index contributed by atoms with van der Waals surface area (Å²) in [7, 11) is -4.61. The fourth-order valence-electron chi connectivity index (χ4n) is 4.65. The van der Waals surface area contributed by atoms with Crippen LogP contribution >= 0.6 is 15.9 Å². The summed E-state index contributed by atoms with van der Waals surface area (Å²) in [6.45, 7) is 7.27. The Morgan fingerprint density at radius 3 is 2.08 bits per heavy atom. The third-order valence-electron chi connectivity index (χ3n) is 6.46. The lowest BCUT2D eigenvalue weighted by atomic mass is 10.0. The molecule has 1 atom stereocenters. The molecule has 0 aromatic heterocycles. The van der Waals surface area contributed by atoms with Gasteiger partial charge in [-0.15, -0.1) is 0 Å². The lowest BCUT2D eigenvalue weighted by Crippen LogP contribution is -2.29. The van der Waals surface area contributed by atoms with E-state index in [0.717, 1.165) is 49.2 Å². The van der Waals surface area contributed by atoms with Gasteiger partial charge < -0.3 is 0 Å². The van der Waals surface area contributed by atoms with E-state index in [1.54, 1.807) is 18.2 Å². The SMILES string of the molecule is Cc1cc(C)c(S(=O)N(CCc2cccc(Br)c2)Cc2ccc(-c3cccc(S(C)(=O)=O)c3)cc2)c(C)c1. The maximum absolute atomic E-state index is 14.0. The first-order valence-electron chi connectivity index (χ1n) is 12.4. The van der Waals surface area contributed by atoms with E-state index < -0.39 is 20.8 Å². The lowest BCUT2D eigenvalue weighted by molar-refractivity contribution is 0.443. The first-order valence-corrected chi connectivity index (χ1v) is 16.2. The van der Waals surface area contributed by atoms with Crippen LogP contribution in [-0.2, 0) is 33.8 Å². The van der Waals surface area contributed by atoms with Crippen LogP contribution in [0.3, 0.4) is 0 Å². The Morgan fingerprint density at radius 1 is 0.789 bits per heavy atom. The highest BCUT2D eigenvalue weighted by Gasteiger charge is 2.20. The van der Waals surface area contributed by atoms with Gasteiger partial charge in [-0.05, 0) is 84.8 Å². The largest absolute Gasteiger partial charge is 0.237 e. The van der Waals surface area contributed by atoms with Gasteiger partial charge in [-0.3, -0.25) is 0 Å². The molecule has 4 aromatic rings. The molecule has 4 nitrogen and oxygen atoms in total. The fourth-order valence-corrected chi connectivity index (χ4v) is 7.21. The van der Waals surface area contributed by atoms with E-state index >= 15 is 0 Å². The molecule has 7 heteroatoms. The summed E-state index contributed by atoms with van der Waals surface area (Å²) in [5.74, 6) is 0. The summed E-state index contributed by atoms with van der Waals surface area (Å²) in [5.41, 5.74) is 7.24. The van der Waals surface area contributed by atoms with Gasteiger partial charge in [0.1, 0.15) is 11.0 Å². The molecule has 0 saturated heterocycles. The minimum atomic E-state index is -3.28. The van der Waals surface area contributed by atoms with Crippen molar-refractivity contribution in [2.24, 2.45) is 0 Å². The molecule has 0 aliphatic carbocycles. The summed E-state index contributed by atoms with van der Waals surface area (Å²) in [6, 6.07) is 27.4. The first kappa shape index (κ1) is 28.4. The van der Waals surface area contributed by atoms with Crippen LogP contribution < -0.4 is 0 Å². The molecule has 4 rings (SSSR count). The normalized spacial score (nSPS) is 12.6. The molecule has 0 bridgehead atoms. The van der Waals surface area contributed by atoms with Gasteiger partial charge in [0.05, 0.1) is 9.79 Å². The van der Waals surface area contributed by atoms with Crippen molar-refractivity contribution in [3.63, 3.8) is 0 Å². The minimum Gasteiger partial charge on any atom is -0.237 e. The Kier molecular flexibility index (Phi) is 9.04. The predicted molar refractivity (Wildman–Crippen MR) is 160 cm³/mol. The molecular formula is C31H32BrNO3S2. The molecule has 38 heavy (non-hydrogen) atoms. The Labute approximate surface area is 237 Å². The maximum atomic E-state index is 14.0. The average molecular weight is 611 g/mol. The highest BCUT2D eigenvalue weighted by molar-refractivity contribution is 9.10. The van der Waals surface area contributed by atoms with E-state index in [1.165, 1.54) is 11.8 Å². The molecule has 0 fully saturated rings. The van der Waals surface area contributed by atoms with Crippen LogP contribution in [0, 0.1) is 20.8 Å². The number of aryl methyl sites for hydroxylation is 3. The van der Waals surface area contributed by atoms with Crippen molar-refractivity contribution in [2.75, 3.05) is 12.8 Å². The van der Waals surface area contributed by atoms with Gasteiger partial charge in [0.2, 0.25) is 0 Å². The van der Waals surface area contributed by atoms with Crippen LogP contribution in [0.4, 0.5) is 0 Å².